The highest BCUT2D eigenvalue weighted by Gasteiger charge is 2.17. The van der Waals surface area contributed by atoms with Crippen molar-refractivity contribution < 1.29 is 0 Å². The minimum atomic E-state index is 1.10. The van der Waals surface area contributed by atoms with Crippen molar-refractivity contribution in [3.05, 3.63) is 0 Å². The van der Waals surface area contributed by atoms with Gasteiger partial charge in [0.2, 0.25) is 0 Å². The molecule has 0 aromatic carbocycles. The van der Waals surface area contributed by atoms with Crippen molar-refractivity contribution in [2.24, 2.45) is 11.8 Å². The van der Waals surface area contributed by atoms with Gasteiger partial charge < -0.3 is 0 Å². The van der Waals surface area contributed by atoms with Gasteiger partial charge in [-0.3, -0.25) is 0 Å². The Bertz CT molecular complexity index is 157. The van der Waals surface area contributed by atoms with Crippen molar-refractivity contribution in [1.82, 2.24) is 0 Å². The van der Waals surface area contributed by atoms with E-state index in [-0.39, 0.29) is 0 Å². The Hall–Kier alpha value is 0. The van der Waals surface area contributed by atoms with Crippen LogP contribution >= 0.6 is 0 Å². The molecular formula is C16H30. The number of rotatable bonds is 3. The van der Waals surface area contributed by atoms with Crippen LogP contribution in [-0.4, -0.2) is 0 Å². The van der Waals surface area contributed by atoms with Crippen molar-refractivity contribution in [1.29, 1.82) is 0 Å². The molecule has 2 aliphatic rings. The molecule has 0 N–H and O–H groups in total. The van der Waals surface area contributed by atoms with Crippen LogP contribution in [0.5, 0.6) is 0 Å². The van der Waals surface area contributed by atoms with Crippen LogP contribution in [-0.2, 0) is 0 Å². The van der Waals surface area contributed by atoms with Crippen LogP contribution in [0.4, 0.5) is 0 Å². The third-order valence-electron chi connectivity index (χ3n) is 4.93. The number of hydrogen-bond donors (Lipinski definition) is 0. The fourth-order valence-electron chi connectivity index (χ4n) is 3.78. The molecule has 0 aliphatic heterocycles. The summed E-state index contributed by atoms with van der Waals surface area (Å²) in [6.07, 6.45) is 21.5. The molecule has 0 radical (unpaired) electrons. The van der Waals surface area contributed by atoms with Crippen molar-refractivity contribution in [2.45, 2.75) is 89.9 Å². The van der Waals surface area contributed by atoms with Crippen LogP contribution in [0.3, 0.4) is 0 Å². The fraction of sp³-hybridized carbons (Fsp3) is 1.00. The smallest absolute Gasteiger partial charge is 0.0414 e. The van der Waals surface area contributed by atoms with E-state index in [1.54, 1.807) is 38.5 Å². The van der Waals surface area contributed by atoms with Gasteiger partial charge in [-0.1, -0.05) is 89.9 Å². The van der Waals surface area contributed by atoms with E-state index in [1.807, 2.05) is 0 Å². The van der Waals surface area contributed by atoms with E-state index in [0.717, 1.165) is 11.8 Å². The van der Waals surface area contributed by atoms with Crippen LogP contribution in [0.2, 0.25) is 0 Å². The molecule has 2 saturated carbocycles. The summed E-state index contributed by atoms with van der Waals surface area (Å²) >= 11 is 0. The maximum Gasteiger partial charge on any atom is -0.0414 e. The molecule has 0 heterocycles. The summed E-state index contributed by atoms with van der Waals surface area (Å²) in [5.74, 6) is 2.21. The van der Waals surface area contributed by atoms with Gasteiger partial charge in [0.05, 0.1) is 0 Å². The monoisotopic (exact) mass is 222 g/mol. The summed E-state index contributed by atoms with van der Waals surface area (Å²) in [6, 6.07) is 0. The van der Waals surface area contributed by atoms with E-state index in [9.17, 15) is 0 Å². The molecule has 2 aliphatic carbocycles. The molecule has 2 fully saturated rings. The Labute approximate surface area is 102 Å². The van der Waals surface area contributed by atoms with Gasteiger partial charge in [0, 0.05) is 0 Å². The summed E-state index contributed by atoms with van der Waals surface area (Å²) in [6.45, 7) is 0. The van der Waals surface area contributed by atoms with Crippen LogP contribution in [0.1, 0.15) is 89.9 Å². The fourth-order valence-corrected chi connectivity index (χ4v) is 3.78. The topological polar surface area (TPSA) is 0 Å². The predicted octanol–water partition coefficient (Wildman–Crippen LogP) is 5.71. The van der Waals surface area contributed by atoms with Gasteiger partial charge in [-0.15, -0.1) is 0 Å². The largest absolute Gasteiger partial charge is 0.0533 e. The van der Waals surface area contributed by atoms with E-state index in [1.165, 1.54) is 51.4 Å². The molecule has 0 aromatic rings. The standard InChI is InChI=1S/C16H30/c1-2-4-6-10-15(9-5-3-1)13-14-16-11-7-8-12-16/h15-16H,1-14H2. The summed E-state index contributed by atoms with van der Waals surface area (Å²) in [5.41, 5.74) is 0. The quantitative estimate of drug-likeness (QED) is 0.574. The zero-order chi connectivity index (χ0) is 11.1. The first kappa shape index (κ1) is 12.5. The Kier molecular flexibility index (Phi) is 5.72. The lowest BCUT2D eigenvalue weighted by molar-refractivity contribution is 0.350. The Morgan fingerprint density at radius 2 is 0.750 bits per heavy atom. The van der Waals surface area contributed by atoms with Gasteiger partial charge in [0.15, 0.2) is 0 Å². The van der Waals surface area contributed by atoms with Crippen LogP contribution in [0.15, 0.2) is 0 Å². The third kappa shape index (κ3) is 4.47. The molecule has 0 atom stereocenters. The van der Waals surface area contributed by atoms with Crippen LogP contribution in [0.25, 0.3) is 0 Å². The maximum absolute atomic E-state index is 1.56. The summed E-state index contributed by atoms with van der Waals surface area (Å²) in [4.78, 5) is 0. The summed E-state index contributed by atoms with van der Waals surface area (Å²) < 4.78 is 0. The van der Waals surface area contributed by atoms with Gasteiger partial charge >= 0.3 is 0 Å². The van der Waals surface area contributed by atoms with Crippen molar-refractivity contribution >= 4 is 0 Å². The highest BCUT2D eigenvalue weighted by Crippen LogP contribution is 2.32. The Morgan fingerprint density at radius 3 is 1.19 bits per heavy atom. The van der Waals surface area contributed by atoms with E-state index < -0.39 is 0 Å². The lowest BCUT2D eigenvalue weighted by atomic mass is 9.88. The maximum atomic E-state index is 1.56. The zero-order valence-electron chi connectivity index (χ0n) is 11.1. The molecule has 94 valence electrons. The van der Waals surface area contributed by atoms with E-state index in [4.69, 9.17) is 0 Å². The molecule has 16 heavy (non-hydrogen) atoms. The van der Waals surface area contributed by atoms with E-state index in [2.05, 4.69) is 0 Å². The lowest BCUT2D eigenvalue weighted by Crippen LogP contribution is -2.04. The second kappa shape index (κ2) is 7.35. The third-order valence-corrected chi connectivity index (χ3v) is 4.93. The normalized spacial score (nSPS) is 26.2. The summed E-state index contributed by atoms with van der Waals surface area (Å²) in [7, 11) is 0. The highest BCUT2D eigenvalue weighted by atomic mass is 14.2. The van der Waals surface area contributed by atoms with Gasteiger partial charge in [0.1, 0.15) is 0 Å². The van der Waals surface area contributed by atoms with Crippen molar-refractivity contribution in [3.8, 4) is 0 Å². The average Bonchev–Trinajstić information content (AvgIpc) is 2.84. The molecule has 0 saturated heterocycles. The Morgan fingerprint density at radius 1 is 0.438 bits per heavy atom. The van der Waals surface area contributed by atoms with Crippen LogP contribution < -0.4 is 0 Å². The molecule has 0 bridgehead atoms. The van der Waals surface area contributed by atoms with Crippen LogP contribution in [0, 0.1) is 11.8 Å². The lowest BCUT2D eigenvalue weighted by Gasteiger charge is -2.18. The van der Waals surface area contributed by atoms with E-state index in [0.29, 0.717) is 0 Å². The molecule has 0 aromatic heterocycles. The molecule has 0 heteroatoms. The highest BCUT2D eigenvalue weighted by molar-refractivity contribution is 4.70. The Balaban J connectivity index is 1.64. The predicted molar refractivity (Wildman–Crippen MR) is 71.6 cm³/mol. The minimum absolute atomic E-state index is 1.10. The number of hydrogen-bond acceptors (Lipinski definition) is 0. The second-order valence-corrected chi connectivity index (χ2v) is 6.29. The molecule has 0 spiro atoms. The minimum Gasteiger partial charge on any atom is -0.0533 e. The van der Waals surface area contributed by atoms with Crippen molar-refractivity contribution in [3.63, 3.8) is 0 Å². The van der Waals surface area contributed by atoms with Crippen molar-refractivity contribution in [2.75, 3.05) is 0 Å². The molecule has 0 unspecified atom stereocenters. The first-order chi connectivity index (χ1) is 7.95. The molecular weight excluding hydrogens is 192 g/mol. The van der Waals surface area contributed by atoms with Gasteiger partial charge in [-0.25, -0.2) is 0 Å². The first-order valence-corrected chi connectivity index (χ1v) is 7.95. The van der Waals surface area contributed by atoms with Gasteiger partial charge in [-0.2, -0.15) is 0 Å². The average molecular weight is 222 g/mol. The SMILES string of the molecule is C1CCCCC(CCC2CCCC2)CCC1. The van der Waals surface area contributed by atoms with Gasteiger partial charge in [-0.05, 0) is 11.8 Å². The zero-order valence-corrected chi connectivity index (χ0v) is 11.1. The molecule has 0 nitrogen and oxygen atoms in total. The first-order valence-electron chi connectivity index (χ1n) is 7.95. The molecule has 2 rings (SSSR count). The van der Waals surface area contributed by atoms with E-state index >= 15 is 0 Å². The summed E-state index contributed by atoms with van der Waals surface area (Å²) in [5, 5.41) is 0. The molecule has 0 amide bonds. The second-order valence-electron chi connectivity index (χ2n) is 6.29. The van der Waals surface area contributed by atoms with Gasteiger partial charge in [0.25, 0.3) is 0 Å².